The highest BCUT2D eigenvalue weighted by molar-refractivity contribution is 5.79. The molecule has 34 heavy (non-hydrogen) atoms. The summed E-state index contributed by atoms with van der Waals surface area (Å²) in [5, 5.41) is 9.03. The van der Waals surface area contributed by atoms with E-state index in [9.17, 15) is 4.79 Å². The standard InChI is InChI=1S/C27H35N3O4/c1-4-25(31)34-21(3)23-10-11-24-26(20(23)2)28-29-30(24)19-27(12-15-32-16-13-27)14-17-33-18-22-8-6-5-7-9-22/h5-11,21H,4,12-19H2,1-3H3. The van der Waals surface area contributed by atoms with E-state index in [2.05, 4.69) is 22.4 Å². The first kappa shape index (κ1) is 24.4. The molecule has 0 amide bonds. The van der Waals surface area contributed by atoms with Gasteiger partial charge in [0.1, 0.15) is 11.6 Å². The quantitative estimate of drug-likeness (QED) is 0.304. The third-order valence-corrected chi connectivity index (χ3v) is 6.94. The van der Waals surface area contributed by atoms with Gasteiger partial charge in [0.05, 0.1) is 12.1 Å². The van der Waals surface area contributed by atoms with Gasteiger partial charge in [0.2, 0.25) is 0 Å². The number of nitrogens with zero attached hydrogens (tertiary/aromatic N) is 3. The van der Waals surface area contributed by atoms with Crippen LogP contribution in [0.1, 0.15) is 62.3 Å². The lowest BCUT2D eigenvalue weighted by atomic mass is 9.77. The summed E-state index contributed by atoms with van der Waals surface area (Å²) in [6.45, 7) is 9.35. The van der Waals surface area contributed by atoms with Crippen molar-refractivity contribution in [1.29, 1.82) is 0 Å². The highest BCUT2D eigenvalue weighted by Gasteiger charge is 2.34. The number of aryl methyl sites for hydroxylation is 1. The fraction of sp³-hybridized carbons (Fsp3) is 0.519. The molecular formula is C27H35N3O4. The van der Waals surface area contributed by atoms with Crippen LogP contribution >= 0.6 is 0 Å². The van der Waals surface area contributed by atoms with Crippen LogP contribution in [0.3, 0.4) is 0 Å². The predicted molar refractivity (Wildman–Crippen MR) is 130 cm³/mol. The van der Waals surface area contributed by atoms with Crippen molar-refractivity contribution in [2.45, 2.75) is 65.7 Å². The van der Waals surface area contributed by atoms with Crippen molar-refractivity contribution in [3.8, 4) is 0 Å². The zero-order valence-electron chi connectivity index (χ0n) is 20.5. The van der Waals surface area contributed by atoms with Crippen molar-refractivity contribution in [3.05, 3.63) is 59.2 Å². The number of carbonyl (C=O) groups excluding carboxylic acids is 1. The van der Waals surface area contributed by atoms with Crippen LogP contribution in [0, 0.1) is 12.3 Å². The molecule has 3 aromatic rings. The van der Waals surface area contributed by atoms with Gasteiger partial charge in [0.25, 0.3) is 0 Å². The van der Waals surface area contributed by atoms with Crippen LogP contribution in [0.2, 0.25) is 0 Å². The molecule has 7 heteroatoms. The topological polar surface area (TPSA) is 75.5 Å². The second kappa shape index (κ2) is 11.1. The maximum absolute atomic E-state index is 11.7. The highest BCUT2D eigenvalue weighted by atomic mass is 16.5. The number of aromatic nitrogens is 3. The molecule has 0 N–H and O–H groups in total. The summed E-state index contributed by atoms with van der Waals surface area (Å²) in [6.07, 6.45) is 2.95. The van der Waals surface area contributed by atoms with Crippen molar-refractivity contribution >= 4 is 17.0 Å². The van der Waals surface area contributed by atoms with Gasteiger partial charge < -0.3 is 14.2 Å². The van der Waals surface area contributed by atoms with E-state index in [1.165, 1.54) is 5.56 Å². The molecule has 182 valence electrons. The van der Waals surface area contributed by atoms with Gasteiger partial charge in [-0.3, -0.25) is 4.79 Å². The molecular weight excluding hydrogens is 430 g/mol. The maximum Gasteiger partial charge on any atom is 0.306 e. The number of ether oxygens (including phenoxy) is 3. The molecule has 0 spiro atoms. The Balaban J connectivity index is 1.47. The summed E-state index contributed by atoms with van der Waals surface area (Å²) >= 11 is 0. The Labute approximate surface area is 201 Å². The molecule has 1 aliphatic rings. The van der Waals surface area contributed by atoms with E-state index in [4.69, 9.17) is 14.2 Å². The van der Waals surface area contributed by atoms with Gasteiger partial charge >= 0.3 is 5.97 Å². The van der Waals surface area contributed by atoms with Crippen LogP contribution in [0.15, 0.2) is 42.5 Å². The summed E-state index contributed by atoms with van der Waals surface area (Å²) in [5.74, 6) is -0.202. The summed E-state index contributed by atoms with van der Waals surface area (Å²) in [4.78, 5) is 11.7. The molecule has 2 aromatic carbocycles. The number of carbonyl (C=O) groups is 1. The molecule has 1 atom stereocenters. The summed E-state index contributed by atoms with van der Waals surface area (Å²) in [5.41, 5.74) is 5.09. The van der Waals surface area contributed by atoms with Gasteiger partial charge in [-0.2, -0.15) is 0 Å². The molecule has 1 fully saturated rings. The molecule has 1 aromatic heterocycles. The van der Waals surface area contributed by atoms with Crippen molar-refractivity contribution in [3.63, 3.8) is 0 Å². The molecule has 0 radical (unpaired) electrons. The molecule has 2 heterocycles. The lowest BCUT2D eigenvalue weighted by molar-refractivity contribution is -0.148. The minimum absolute atomic E-state index is 0.0616. The van der Waals surface area contributed by atoms with E-state index in [-0.39, 0.29) is 17.5 Å². The normalized spacial score (nSPS) is 16.4. The van der Waals surface area contributed by atoms with Crippen LogP contribution in [0.25, 0.3) is 11.0 Å². The Hall–Kier alpha value is -2.77. The number of rotatable bonds is 10. The number of hydrogen-bond donors (Lipinski definition) is 0. The first-order chi connectivity index (χ1) is 16.5. The lowest BCUT2D eigenvalue weighted by Gasteiger charge is -2.37. The van der Waals surface area contributed by atoms with Crippen molar-refractivity contribution in [2.75, 3.05) is 19.8 Å². The highest BCUT2D eigenvalue weighted by Crippen LogP contribution is 2.37. The molecule has 1 saturated heterocycles. The van der Waals surface area contributed by atoms with Crippen LogP contribution in [-0.2, 0) is 32.2 Å². The molecule has 7 nitrogen and oxygen atoms in total. The number of hydrogen-bond acceptors (Lipinski definition) is 6. The number of benzene rings is 2. The summed E-state index contributed by atoms with van der Waals surface area (Å²) < 4.78 is 19.3. The summed E-state index contributed by atoms with van der Waals surface area (Å²) in [6, 6.07) is 14.4. The van der Waals surface area contributed by atoms with Gasteiger partial charge in [-0.1, -0.05) is 48.5 Å². The van der Waals surface area contributed by atoms with E-state index < -0.39 is 0 Å². The minimum atomic E-state index is -0.314. The van der Waals surface area contributed by atoms with Crippen LogP contribution in [0.5, 0.6) is 0 Å². The van der Waals surface area contributed by atoms with Crippen molar-refractivity contribution in [1.82, 2.24) is 15.0 Å². The first-order valence-electron chi connectivity index (χ1n) is 12.2. The van der Waals surface area contributed by atoms with Gasteiger partial charge in [-0.25, -0.2) is 4.68 Å². The van der Waals surface area contributed by atoms with Crippen LogP contribution < -0.4 is 0 Å². The first-order valence-corrected chi connectivity index (χ1v) is 12.2. The SMILES string of the molecule is CCC(=O)OC(C)c1ccc2c(nnn2CC2(CCOCc3ccccc3)CCOCC2)c1C. The Morgan fingerprint density at radius 3 is 2.68 bits per heavy atom. The minimum Gasteiger partial charge on any atom is -0.458 e. The van der Waals surface area contributed by atoms with Crippen molar-refractivity contribution in [2.24, 2.45) is 5.41 Å². The van der Waals surface area contributed by atoms with Gasteiger partial charge in [0.15, 0.2) is 0 Å². The second-order valence-corrected chi connectivity index (χ2v) is 9.28. The Kier molecular flexibility index (Phi) is 7.95. The molecule has 1 aliphatic heterocycles. The molecule has 4 rings (SSSR count). The maximum atomic E-state index is 11.7. The average molecular weight is 466 g/mol. The molecule has 0 saturated carbocycles. The largest absolute Gasteiger partial charge is 0.458 e. The lowest BCUT2D eigenvalue weighted by Crippen LogP contribution is -2.35. The summed E-state index contributed by atoms with van der Waals surface area (Å²) in [7, 11) is 0. The van der Waals surface area contributed by atoms with E-state index >= 15 is 0 Å². The Morgan fingerprint density at radius 2 is 1.94 bits per heavy atom. The zero-order chi connectivity index (χ0) is 24.0. The van der Waals surface area contributed by atoms with E-state index in [0.29, 0.717) is 19.6 Å². The number of fused-ring (bicyclic) bond motifs is 1. The van der Waals surface area contributed by atoms with E-state index in [1.807, 2.05) is 48.9 Å². The molecule has 0 aliphatic carbocycles. The third kappa shape index (κ3) is 5.65. The van der Waals surface area contributed by atoms with Gasteiger partial charge in [-0.15, -0.1) is 5.10 Å². The predicted octanol–water partition coefficient (Wildman–Crippen LogP) is 5.16. The zero-order valence-corrected chi connectivity index (χ0v) is 20.5. The van der Waals surface area contributed by atoms with Crippen molar-refractivity contribution < 1.29 is 19.0 Å². The van der Waals surface area contributed by atoms with Crippen LogP contribution in [0.4, 0.5) is 0 Å². The monoisotopic (exact) mass is 465 g/mol. The van der Waals surface area contributed by atoms with Crippen LogP contribution in [-0.4, -0.2) is 40.8 Å². The van der Waals surface area contributed by atoms with Gasteiger partial charge in [-0.05, 0) is 61.3 Å². The fourth-order valence-electron chi connectivity index (χ4n) is 4.75. The molecule has 0 bridgehead atoms. The number of esters is 1. The van der Waals surface area contributed by atoms with Gasteiger partial charge in [0, 0.05) is 32.8 Å². The second-order valence-electron chi connectivity index (χ2n) is 9.28. The fourth-order valence-corrected chi connectivity index (χ4v) is 4.75. The Morgan fingerprint density at radius 1 is 1.18 bits per heavy atom. The van der Waals surface area contributed by atoms with E-state index in [0.717, 1.165) is 61.2 Å². The Bertz CT molecular complexity index is 1090. The van der Waals surface area contributed by atoms with E-state index in [1.54, 1.807) is 6.92 Å². The smallest absolute Gasteiger partial charge is 0.306 e. The third-order valence-electron chi connectivity index (χ3n) is 6.94. The molecule has 1 unspecified atom stereocenters. The average Bonchev–Trinajstić information content (AvgIpc) is 3.26.